The van der Waals surface area contributed by atoms with Crippen LogP contribution in [0.3, 0.4) is 0 Å². The Hall–Kier alpha value is -1.48. The number of rotatable bonds is 9. The normalized spacial score (nSPS) is 48.8. The Morgan fingerprint density at radius 2 is 1.55 bits per heavy atom. The van der Waals surface area contributed by atoms with Gasteiger partial charge >= 0.3 is 5.97 Å². The van der Waals surface area contributed by atoms with E-state index in [0.717, 1.165) is 50.5 Å². The lowest BCUT2D eigenvalue weighted by Crippen LogP contribution is -2.59. The molecule has 19 atom stereocenters. The number of ether oxygens (including phenoxy) is 9. The minimum atomic E-state index is -0.606. The van der Waals surface area contributed by atoms with Crippen molar-refractivity contribution in [2.75, 3.05) is 35.4 Å². The number of esters is 1. The van der Waals surface area contributed by atoms with E-state index in [1.165, 1.54) is 0 Å². The second kappa shape index (κ2) is 16.5. The fourth-order valence-corrected chi connectivity index (χ4v) is 11.3. The van der Waals surface area contributed by atoms with Crippen molar-refractivity contribution in [2.24, 2.45) is 35.5 Å². The summed E-state index contributed by atoms with van der Waals surface area (Å²) in [7, 11) is 9.15. The molecule has 300 valence electrons. The average Bonchev–Trinajstić information content (AvgIpc) is 3.67. The Morgan fingerprint density at radius 1 is 0.811 bits per heavy atom. The van der Waals surface area contributed by atoms with Crippen LogP contribution in [0.1, 0.15) is 85.5 Å². The van der Waals surface area contributed by atoms with Gasteiger partial charge in [0.1, 0.15) is 24.4 Å². The molecule has 0 amide bonds. The van der Waals surface area contributed by atoms with Gasteiger partial charge in [0.25, 0.3) is 0 Å². The summed E-state index contributed by atoms with van der Waals surface area (Å²) in [5, 5.41) is 0. The van der Waals surface area contributed by atoms with E-state index in [2.05, 4.69) is 38.9 Å². The molecule has 53 heavy (non-hydrogen) atoms. The molecule has 2 saturated carbocycles. The highest BCUT2D eigenvalue weighted by Gasteiger charge is 2.66. The molecule has 7 aliphatic rings. The van der Waals surface area contributed by atoms with Crippen LogP contribution < -0.4 is 0 Å². The third kappa shape index (κ3) is 7.80. The van der Waals surface area contributed by atoms with Crippen molar-refractivity contribution >= 4 is 11.8 Å². The van der Waals surface area contributed by atoms with Crippen molar-refractivity contribution in [1.29, 1.82) is 0 Å². The van der Waals surface area contributed by atoms with Crippen molar-refractivity contribution in [3.05, 3.63) is 11.6 Å². The van der Waals surface area contributed by atoms with Gasteiger partial charge in [-0.3, -0.25) is 9.59 Å². The van der Waals surface area contributed by atoms with Gasteiger partial charge in [0, 0.05) is 45.1 Å². The Bertz CT molecular complexity index is 1330. The third-order valence-electron chi connectivity index (χ3n) is 14.0. The highest BCUT2D eigenvalue weighted by Crippen LogP contribution is 2.63. The summed E-state index contributed by atoms with van der Waals surface area (Å²) in [4.78, 5) is 30.6. The first kappa shape index (κ1) is 39.7. The maximum Gasteiger partial charge on any atom is 0.306 e. The predicted molar refractivity (Wildman–Crippen MR) is 194 cm³/mol. The molecule has 6 fully saturated rings. The van der Waals surface area contributed by atoms with E-state index < -0.39 is 12.4 Å². The third-order valence-corrected chi connectivity index (χ3v) is 14.0. The van der Waals surface area contributed by atoms with Crippen molar-refractivity contribution < 1.29 is 52.2 Å². The topological polar surface area (TPSA) is 124 Å². The van der Waals surface area contributed by atoms with Crippen LogP contribution in [0.4, 0.5) is 0 Å². The first-order chi connectivity index (χ1) is 25.5. The van der Waals surface area contributed by atoms with E-state index in [9.17, 15) is 9.59 Å². The predicted octanol–water partition coefficient (Wildman–Crippen LogP) is 4.70. The maximum atomic E-state index is 14.8. The number of allylic oxidation sites excluding steroid dienone is 2. The molecular formula is C41H65NO11. The van der Waals surface area contributed by atoms with E-state index >= 15 is 0 Å². The van der Waals surface area contributed by atoms with Gasteiger partial charge in [0.2, 0.25) is 0 Å². The lowest BCUT2D eigenvalue weighted by atomic mass is 9.66. The number of Topliss-reactive ketones (excluding diaryl/α,β-unsaturated/α-hetero) is 1. The standard InChI is InChI=1S/C41H65NO11/c1-10-23-12-11-13-31(52-33-15-14-30(42(5)6)21(3)48-33)20(2)35(44)28-18-26-25-16-24(51-41-40(47-9)39(46-8)36(45-7)22(4)49-41)17-29(25)37-38(53-37)34(26)27(28)19-32(43)50-23/h18,20-27,29-31,33-34,36-41H,10-17,19H2,1-9H3/t20-,21?,22?,23+,24+,25+,26+,27-,29-,30+,31+,33+,34-,36+,37-,38+,39-,40?,41+/m1/s1. The molecule has 7 rings (SSSR count). The molecule has 0 aromatic rings. The highest BCUT2D eigenvalue weighted by atomic mass is 16.7. The van der Waals surface area contributed by atoms with E-state index in [1.54, 1.807) is 21.3 Å². The number of methoxy groups -OCH3 is 3. The minimum Gasteiger partial charge on any atom is -0.462 e. The van der Waals surface area contributed by atoms with Crippen molar-refractivity contribution in [3.8, 4) is 0 Å². The Morgan fingerprint density at radius 3 is 2.23 bits per heavy atom. The Balaban J connectivity index is 1.11. The van der Waals surface area contributed by atoms with E-state index in [4.69, 9.17) is 42.6 Å². The summed E-state index contributed by atoms with van der Waals surface area (Å²) >= 11 is 0. The van der Waals surface area contributed by atoms with E-state index in [-0.39, 0.29) is 109 Å². The number of hydrogen-bond acceptors (Lipinski definition) is 12. The second-order valence-corrected chi connectivity index (χ2v) is 17.2. The van der Waals surface area contributed by atoms with E-state index in [1.807, 2.05) is 13.8 Å². The highest BCUT2D eigenvalue weighted by molar-refractivity contribution is 5.99. The van der Waals surface area contributed by atoms with Crippen LogP contribution in [0, 0.1) is 35.5 Å². The van der Waals surface area contributed by atoms with Gasteiger partial charge in [-0.15, -0.1) is 0 Å². The van der Waals surface area contributed by atoms with E-state index in [0.29, 0.717) is 18.4 Å². The molecule has 4 saturated heterocycles. The van der Waals surface area contributed by atoms with Crippen LogP contribution in [-0.2, 0) is 52.2 Å². The molecule has 12 heteroatoms. The number of carbonyl (C=O) groups excluding carboxylic acids is 2. The first-order valence-corrected chi connectivity index (χ1v) is 20.4. The van der Waals surface area contributed by atoms with Gasteiger partial charge < -0.3 is 47.5 Å². The number of epoxide rings is 1. The fourth-order valence-electron chi connectivity index (χ4n) is 11.3. The molecule has 0 bridgehead atoms. The number of cyclic esters (lactones) is 1. The summed E-state index contributed by atoms with van der Waals surface area (Å²) in [5.74, 6) is -0.0628. The number of carbonyl (C=O) groups is 2. The number of likely N-dealkylation sites (N-methyl/N-ethyl adjacent to an activating group) is 1. The molecule has 0 aromatic carbocycles. The Kier molecular flexibility index (Phi) is 12.4. The molecule has 0 radical (unpaired) electrons. The largest absolute Gasteiger partial charge is 0.462 e. The second-order valence-electron chi connectivity index (χ2n) is 17.2. The van der Waals surface area contributed by atoms with Crippen LogP contribution in [0.2, 0.25) is 0 Å². The van der Waals surface area contributed by atoms with Gasteiger partial charge in [0.05, 0.1) is 43.0 Å². The lowest BCUT2D eigenvalue weighted by Gasteiger charge is -2.44. The monoisotopic (exact) mass is 747 g/mol. The molecule has 12 nitrogen and oxygen atoms in total. The average molecular weight is 748 g/mol. The van der Waals surface area contributed by atoms with Gasteiger partial charge in [-0.25, -0.2) is 0 Å². The molecule has 0 spiro atoms. The fraction of sp³-hybridized carbons (Fsp3) is 0.902. The molecule has 3 aliphatic carbocycles. The van der Waals surface area contributed by atoms with Crippen LogP contribution in [0.25, 0.3) is 0 Å². The van der Waals surface area contributed by atoms with Crippen LogP contribution in [0.15, 0.2) is 11.6 Å². The SMILES string of the molecule is CC[C@H]1CCC[C@H](O[C@H]2CC[C@H](N(C)C)C(C)O2)[C@@H](C)C(=O)C2=C[C@H]3[C@@H]4C[C@H](O[C@@H]5OC(C)[C@H](OC)[C@@H](OC)C5OC)C[C@H]4[C@H]4O[C@H]4[C@H]3[C@@H]2CC(=O)O1. The molecule has 4 heterocycles. The zero-order chi connectivity index (χ0) is 37.7. The number of hydrogen-bond donors (Lipinski definition) is 0. The molecule has 0 N–H and O–H groups in total. The van der Waals surface area contributed by atoms with Gasteiger partial charge in [-0.2, -0.15) is 0 Å². The minimum absolute atomic E-state index is 0.0105. The quantitative estimate of drug-likeness (QED) is 0.240. The number of fused-ring (bicyclic) bond motifs is 8. The van der Waals surface area contributed by atoms with Gasteiger partial charge in [0.15, 0.2) is 18.4 Å². The maximum absolute atomic E-state index is 14.8. The zero-order valence-corrected chi connectivity index (χ0v) is 33.3. The summed E-state index contributed by atoms with van der Waals surface area (Å²) in [6.45, 7) is 8.17. The van der Waals surface area contributed by atoms with Crippen molar-refractivity contribution in [2.45, 2.75) is 165 Å². The van der Waals surface area contributed by atoms with Crippen LogP contribution >= 0.6 is 0 Å². The molecule has 3 unspecified atom stereocenters. The summed E-state index contributed by atoms with van der Waals surface area (Å²) in [6.07, 6.45) is 6.20. The number of ketones is 1. The molecular weight excluding hydrogens is 682 g/mol. The molecule has 4 aliphatic heterocycles. The van der Waals surface area contributed by atoms with Crippen LogP contribution in [-0.4, -0.2) is 132 Å². The van der Waals surface area contributed by atoms with Crippen molar-refractivity contribution in [1.82, 2.24) is 4.90 Å². The zero-order valence-electron chi connectivity index (χ0n) is 33.3. The van der Waals surface area contributed by atoms with Crippen molar-refractivity contribution in [3.63, 3.8) is 0 Å². The van der Waals surface area contributed by atoms with Gasteiger partial charge in [-0.1, -0.05) is 19.9 Å². The first-order valence-electron chi connectivity index (χ1n) is 20.4. The number of nitrogens with zero attached hydrogens (tertiary/aromatic N) is 1. The van der Waals surface area contributed by atoms with Crippen LogP contribution in [0.5, 0.6) is 0 Å². The summed E-state index contributed by atoms with van der Waals surface area (Å²) in [5.41, 5.74) is 0.758. The summed E-state index contributed by atoms with van der Waals surface area (Å²) in [6, 6.07) is 0.335. The van der Waals surface area contributed by atoms with Gasteiger partial charge in [-0.05, 0) is 103 Å². The molecule has 0 aromatic heterocycles. The smallest absolute Gasteiger partial charge is 0.306 e. The lowest BCUT2D eigenvalue weighted by molar-refractivity contribution is -0.314. The summed E-state index contributed by atoms with van der Waals surface area (Å²) < 4.78 is 56.2. The Labute approximate surface area is 316 Å².